The van der Waals surface area contributed by atoms with Crippen LogP contribution in [0.15, 0.2) is 84.9 Å². The summed E-state index contributed by atoms with van der Waals surface area (Å²) in [6.45, 7) is -1.15. The van der Waals surface area contributed by atoms with Crippen LogP contribution < -0.4 is 10.6 Å². The summed E-state index contributed by atoms with van der Waals surface area (Å²) in [5, 5.41) is 4.92. The molecule has 0 fully saturated rings. The highest BCUT2D eigenvalue weighted by atomic mass is 32.2. The SMILES string of the molecule is O=C(NCC(C(=O)C(CNC(=O)c1cccc(F)c1)c1ccc(CS(=O)O)cc1F)c1ccc(CS(=O)O)cc1F)c1cccc(F)c1. The monoisotopic (exact) mass is 704 g/mol. The summed E-state index contributed by atoms with van der Waals surface area (Å²) in [6, 6.07) is 16.1. The van der Waals surface area contributed by atoms with E-state index >= 15 is 8.78 Å². The zero-order valence-electron chi connectivity index (χ0n) is 24.8. The fourth-order valence-corrected chi connectivity index (χ4v) is 5.92. The predicted octanol–water partition coefficient (Wildman–Crippen LogP) is 4.98. The molecule has 4 aromatic carbocycles. The van der Waals surface area contributed by atoms with Gasteiger partial charge in [0.2, 0.25) is 0 Å². The molecular weight excluding hydrogens is 676 g/mol. The molecule has 0 radical (unpaired) electrons. The van der Waals surface area contributed by atoms with Crippen molar-refractivity contribution in [3.05, 3.63) is 142 Å². The standard InChI is InChI=1S/C33H28F4N2O7S2/c34-23-5-1-3-21(13-23)32(41)38-15-27(25-9-7-19(11-29(25)36)17-47(43)44)31(40)28(16-39-33(42)22-4-2-6-24(35)14-22)26-10-8-20(12-30(26)37)18-48(45)46/h1-14,27-28H,15-18H2,(H,38,41)(H,39,42)(H,43,44)(H,45,46). The van der Waals surface area contributed by atoms with Gasteiger partial charge in [-0.05, 0) is 59.7 Å². The smallest absolute Gasteiger partial charge is 0.251 e. The summed E-state index contributed by atoms with van der Waals surface area (Å²) in [6.07, 6.45) is 0. The number of rotatable bonds is 14. The fourth-order valence-electron chi connectivity index (χ4n) is 4.99. The maximum atomic E-state index is 15.6. The van der Waals surface area contributed by atoms with E-state index in [0.29, 0.717) is 0 Å². The molecular formula is C33H28F4N2O7S2. The lowest BCUT2D eigenvalue weighted by Crippen LogP contribution is -2.38. The Balaban J connectivity index is 1.75. The predicted molar refractivity (Wildman–Crippen MR) is 170 cm³/mol. The molecule has 252 valence electrons. The van der Waals surface area contributed by atoms with Crippen LogP contribution in [0.25, 0.3) is 0 Å². The molecule has 0 saturated heterocycles. The zero-order valence-corrected chi connectivity index (χ0v) is 26.5. The second kappa shape index (κ2) is 16.5. The average molecular weight is 705 g/mol. The number of nitrogens with one attached hydrogen (secondary N) is 2. The van der Waals surface area contributed by atoms with Crippen LogP contribution in [0.4, 0.5) is 17.6 Å². The van der Waals surface area contributed by atoms with Crippen molar-refractivity contribution in [2.45, 2.75) is 23.3 Å². The van der Waals surface area contributed by atoms with E-state index in [2.05, 4.69) is 10.6 Å². The second-order valence-electron chi connectivity index (χ2n) is 10.6. The van der Waals surface area contributed by atoms with Crippen LogP contribution in [0.3, 0.4) is 0 Å². The van der Waals surface area contributed by atoms with Crippen LogP contribution >= 0.6 is 0 Å². The Hall–Kier alpha value is -4.57. The highest BCUT2D eigenvalue weighted by Gasteiger charge is 2.34. The van der Waals surface area contributed by atoms with Crippen molar-refractivity contribution in [3.8, 4) is 0 Å². The van der Waals surface area contributed by atoms with Gasteiger partial charge in [0.1, 0.15) is 23.3 Å². The van der Waals surface area contributed by atoms with E-state index in [9.17, 15) is 40.7 Å². The Morgan fingerprint density at radius 3 is 1.33 bits per heavy atom. The van der Waals surface area contributed by atoms with E-state index in [-0.39, 0.29) is 33.4 Å². The lowest BCUT2D eigenvalue weighted by molar-refractivity contribution is -0.121. The third-order valence-corrected chi connectivity index (χ3v) is 8.42. The number of Topliss-reactive ketones (excluding diaryl/α,β-unsaturated/α-hetero) is 1. The maximum Gasteiger partial charge on any atom is 0.251 e. The van der Waals surface area contributed by atoms with Gasteiger partial charge in [0, 0.05) is 35.3 Å². The first-order valence-electron chi connectivity index (χ1n) is 14.1. The summed E-state index contributed by atoms with van der Waals surface area (Å²) in [5.41, 5.74) is -0.529. The minimum Gasteiger partial charge on any atom is -0.351 e. The number of carbonyl (C=O) groups excluding carboxylic acids is 3. The van der Waals surface area contributed by atoms with Gasteiger partial charge >= 0.3 is 0 Å². The van der Waals surface area contributed by atoms with Crippen molar-refractivity contribution in [3.63, 3.8) is 0 Å². The Labute approximate surface area is 277 Å². The highest BCUT2D eigenvalue weighted by molar-refractivity contribution is 7.78. The van der Waals surface area contributed by atoms with Crippen molar-refractivity contribution >= 4 is 39.8 Å². The number of halogens is 4. The van der Waals surface area contributed by atoms with Gasteiger partial charge in [-0.25, -0.2) is 26.0 Å². The van der Waals surface area contributed by atoms with Gasteiger partial charge in [-0.3, -0.25) is 14.4 Å². The summed E-state index contributed by atoms with van der Waals surface area (Å²) in [4.78, 5) is 40.1. The van der Waals surface area contributed by atoms with Crippen molar-refractivity contribution < 1.29 is 49.5 Å². The molecule has 0 aliphatic rings. The Kier molecular flexibility index (Phi) is 12.5. The zero-order chi connectivity index (χ0) is 35.0. The first-order chi connectivity index (χ1) is 22.8. The van der Waals surface area contributed by atoms with E-state index in [4.69, 9.17) is 0 Å². The molecule has 4 rings (SSSR count). The largest absolute Gasteiger partial charge is 0.351 e. The number of hydrogen-bond donors (Lipinski definition) is 4. The summed E-state index contributed by atoms with van der Waals surface area (Å²) in [5.74, 6) is -9.84. The minimum absolute atomic E-state index is 0.107. The summed E-state index contributed by atoms with van der Waals surface area (Å²) >= 11 is -4.62. The Morgan fingerprint density at radius 2 is 1.00 bits per heavy atom. The number of amides is 2. The normalized spacial score (nSPS) is 13.6. The summed E-state index contributed by atoms with van der Waals surface area (Å²) < 4.78 is 99.8. The Morgan fingerprint density at radius 1 is 0.604 bits per heavy atom. The first-order valence-corrected chi connectivity index (χ1v) is 16.7. The van der Waals surface area contributed by atoms with Gasteiger partial charge < -0.3 is 19.7 Å². The first kappa shape index (κ1) is 36.3. The molecule has 15 heteroatoms. The number of hydrogen-bond acceptors (Lipinski definition) is 5. The summed E-state index contributed by atoms with van der Waals surface area (Å²) in [7, 11) is 0. The van der Waals surface area contributed by atoms with Crippen molar-refractivity contribution in [2.24, 2.45) is 0 Å². The topological polar surface area (TPSA) is 150 Å². The molecule has 9 nitrogen and oxygen atoms in total. The molecule has 0 spiro atoms. The fraction of sp³-hybridized carbons (Fsp3) is 0.182. The number of benzene rings is 4. The molecule has 0 aromatic heterocycles. The van der Waals surface area contributed by atoms with Crippen molar-refractivity contribution in [2.75, 3.05) is 13.1 Å². The molecule has 4 atom stereocenters. The van der Waals surface area contributed by atoms with Crippen LogP contribution in [0.5, 0.6) is 0 Å². The number of carbonyl (C=O) groups is 3. The van der Waals surface area contributed by atoms with Crippen LogP contribution in [0.2, 0.25) is 0 Å². The third kappa shape index (κ3) is 9.73. The van der Waals surface area contributed by atoms with Crippen LogP contribution in [-0.4, -0.2) is 48.2 Å². The molecule has 0 aliphatic carbocycles. The van der Waals surface area contributed by atoms with Gasteiger partial charge in [-0.1, -0.05) is 36.4 Å². The lowest BCUT2D eigenvalue weighted by atomic mass is 9.82. The van der Waals surface area contributed by atoms with E-state index < -0.39 is 99.5 Å². The number of ketones is 1. The van der Waals surface area contributed by atoms with Gasteiger partial charge in [0.25, 0.3) is 11.8 Å². The highest BCUT2D eigenvalue weighted by Crippen LogP contribution is 2.31. The molecule has 0 heterocycles. The van der Waals surface area contributed by atoms with E-state index in [1.807, 2.05) is 0 Å². The molecule has 48 heavy (non-hydrogen) atoms. The van der Waals surface area contributed by atoms with Crippen molar-refractivity contribution in [1.82, 2.24) is 10.6 Å². The van der Waals surface area contributed by atoms with Crippen LogP contribution in [0.1, 0.15) is 54.8 Å². The third-order valence-electron chi connectivity index (χ3n) is 7.25. The van der Waals surface area contributed by atoms with Crippen molar-refractivity contribution in [1.29, 1.82) is 0 Å². The van der Waals surface area contributed by atoms with Crippen LogP contribution in [0, 0.1) is 23.3 Å². The quantitative estimate of drug-likeness (QED) is 0.107. The maximum absolute atomic E-state index is 15.6. The molecule has 4 N–H and O–H groups in total. The Bertz CT molecular complexity index is 1760. The van der Waals surface area contributed by atoms with Gasteiger partial charge in [-0.2, -0.15) is 0 Å². The van der Waals surface area contributed by atoms with E-state index in [1.165, 1.54) is 48.5 Å². The molecule has 4 aromatic rings. The van der Waals surface area contributed by atoms with Crippen LogP contribution in [-0.2, 0) is 38.5 Å². The van der Waals surface area contributed by atoms with Gasteiger partial charge in [0.15, 0.2) is 27.9 Å². The lowest BCUT2D eigenvalue weighted by Gasteiger charge is -2.25. The minimum atomic E-state index is -2.31. The second-order valence-corrected chi connectivity index (χ2v) is 12.5. The van der Waals surface area contributed by atoms with Gasteiger partial charge in [-0.15, -0.1) is 0 Å². The van der Waals surface area contributed by atoms with E-state index in [0.717, 1.165) is 36.4 Å². The molecule has 0 saturated carbocycles. The molecule has 4 unspecified atom stereocenters. The molecule has 2 amide bonds. The molecule has 0 bridgehead atoms. The average Bonchev–Trinajstić information content (AvgIpc) is 3.02. The van der Waals surface area contributed by atoms with Gasteiger partial charge in [0.05, 0.1) is 23.3 Å². The molecule has 0 aliphatic heterocycles. The van der Waals surface area contributed by atoms with E-state index in [1.54, 1.807) is 0 Å².